The number of aromatic amines is 1. The van der Waals surface area contributed by atoms with Crippen molar-refractivity contribution in [2.24, 2.45) is 4.99 Å². The van der Waals surface area contributed by atoms with Crippen LogP contribution in [0, 0.1) is 6.92 Å². The lowest BCUT2D eigenvalue weighted by Gasteiger charge is -2.03. The Labute approximate surface area is 173 Å². The Hall–Kier alpha value is -4.12. The minimum absolute atomic E-state index is 0.115. The van der Waals surface area contributed by atoms with Gasteiger partial charge in [0.25, 0.3) is 5.56 Å². The fourth-order valence-electron chi connectivity index (χ4n) is 3.64. The van der Waals surface area contributed by atoms with Gasteiger partial charge in [0, 0.05) is 28.6 Å². The number of allylic oxidation sites excluding steroid dienone is 1. The molecule has 0 spiro atoms. The van der Waals surface area contributed by atoms with Crippen molar-refractivity contribution in [1.82, 2.24) is 9.78 Å². The van der Waals surface area contributed by atoms with Gasteiger partial charge in [0.1, 0.15) is 0 Å². The van der Waals surface area contributed by atoms with Crippen LogP contribution in [0.2, 0.25) is 0 Å². The largest absolute Gasteiger partial charge is 0.399 e. The number of hydrogen-bond donors (Lipinski definition) is 2. The Morgan fingerprint density at radius 3 is 2.47 bits per heavy atom. The van der Waals surface area contributed by atoms with Crippen molar-refractivity contribution in [2.45, 2.75) is 6.92 Å². The van der Waals surface area contributed by atoms with Crippen LogP contribution in [0.3, 0.4) is 0 Å². The minimum Gasteiger partial charge on any atom is -0.399 e. The Kier molecular flexibility index (Phi) is 4.21. The monoisotopic (exact) mass is 392 g/mol. The van der Waals surface area contributed by atoms with E-state index in [-0.39, 0.29) is 5.56 Å². The molecule has 1 aliphatic heterocycles. The molecule has 0 bridgehead atoms. The first-order valence-corrected chi connectivity index (χ1v) is 9.73. The number of fused-ring (bicyclic) bond motifs is 1. The summed E-state index contributed by atoms with van der Waals surface area (Å²) in [5, 5.41) is 3.29. The van der Waals surface area contributed by atoms with E-state index in [0.717, 1.165) is 39.3 Å². The summed E-state index contributed by atoms with van der Waals surface area (Å²) >= 11 is 0. The maximum atomic E-state index is 13.4. The molecule has 5 heteroatoms. The van der Waals surface area contributed by atoms with Crippen molar-refractivity contribution >= 4 is 29.2 Å². The molecule has 2 heterocycles. The second-order valence-electron chi connectivity index (χ2n) is 7.37. The molecule has 4 aromatic rings. The summed E-state index contributed by atoms with van der Waals surface area (Å²) in [5.74, 6) is 0. The summed E-state index contributed by atoms with van der Waals surface area (Å²) in [6.07, 6.45) is 3.71. The van der Waals surface area contributed by atoms with E-state index in [2.05, 4.69) is 10.1 Å². The maximum Gasteiger partial charge on any atom is 0.279 e. The van der Waals surface area contributed by atoms with E-state index in [0.29, 0.717) is 11.3 Å². The summed E-state index contributed by atoms with van der Waals surface area (Å²) in [5.41, 5.74) is 13.4. The fraction of sp³-hybridized carbons (Fsp3) is 0.0400. The summed E-state index contributed by atoms with van der Waals surface area (Å²) in [4.78, 5) is 17.9. The lowest BCUT2D eigenvalue weighted by Crippen LogP contribution is -2.15. The highest BCUT2D eigenvalue weighted by molar-refractivity contribution is 6.21. The molecule has 3 aromatic carbocycles. The van der Waals surface area contributed by atoms with Gasteiger partial charge in [0.05, 0.1) is 22.6 Å². The molecule has 0 fully saturated rings. The first-order valence-electron chi connectivity index (χ1n) is 9.73. The van der Waals surface area contributed by atoms with Crippen LogP contribution in [0.25, 0.3) is 28.6 Å². The van der Waals surface area contributed by atoms with Gasteiger partial charge in [-0.15, -0.1) is 0 Å². The topological polar surface area (TPSA) is 76.2 Å². The van der Waals surface area contributed by atoms with E-state index in [1.54, 1.807) is 10.9 Å². The number of nitrogen functional groups attached to an aromatic ring is 1. The number of anilines is 1. The summed E-state index contributed by atoms with van der Waals surface area (Å²) in [6, 6.07) is 23.3. The highest BCUT2D eigenvalue weighted by Gasteiger charge is 2.18. The number of nitrogens with zero attached hydrogens (tertiary/aromatic N) is 2. The molecular weight excluding hydrogens is 372 g/mol. The Bertz CT molecular complexity index is 1350. The molecule has 0 aliphatic carbocycles. The average molecular weight is 392 g/mol. The lowest BCUT2D eigenvalue weighted by molar-refractivity contribution is 0.852. The predicted octanol–water partition coefficient (Wildman–Crippen LogP) is 4.98. The predicted molar refractivity (Wildman–Crippen MR) is 123 cm³/mol. The highest BCUT2D eigenvalue weighted by atomic mass is 16.1. The molecule has 1 aromatic heterocycles. The van der Waals surface area contributed by atoms with Crippen molar-refractivity contribution in [3.8, 4) is 16.9 Å². The van der Waals surface area contributed by atoms with Gasteiger partial charge in [-0.05, 0) is 43.3 Å². The molecule has 0 unspecified atom stereocenters. The molecule has 3 N–H and O–H groups in total. The second kappa shape index (κ2) is 7.04. The van der Waals surface area contributed by atoms with E-state index in [9.17, 15) is 4.79 Å². The molecule has 30 heavy (non-hydrogen) atoms. The average Bonchev–Trinajstić information content (AvgIpc) is 3.32. The van der Waals surface area contributed by atoms with Crippen LogP contribution in [-0.4, -0.2) is 16.0 Å². The van der Waals surface area contributed by atoms with Gasteiger partial charge in [0.15, 0.2) is 0 Å². The standard InChI is InChI=1S/C25H20N4O/c1-16-6-12-20(13-7-16)29-25(30)22(24(28-29)17-8-10-19(26)11-9-17)14-18-15-27-23-5-3-2-4-21(18)23/h2-15,28H,26H2,1H3. The third-order valence-electron chi connectivity index (χ3n) is 5.28. The number of nitrogens with one attached hydrogen (secondary N) is 1. The zero-order chi connectivity index (χ0) is 20.7. The van der Waals surface area contributed by atoms with Crippen LogP contribution in [-0.2, 0) is 0 Å². The second-order valence-corrected chi connectivity index (χ2v) is 7.37. The van der Waals surface area contributed by atoms with Gasteiger partial charge < -0.3 is 5.73 Å². The number of aromatic nitrogens is 2. The molecule has 0 atom stereocenters. The number of benzene rings is 3. The smallest absolute Gasteiger partial charge is 0.279 e. The van der Waals surface area contributed by atoms with Crippen LogP contribution in [0.15, 0.2) is 82.6 Å². The van der Waals surface area contributed by atoms with Crippen LogP contribution >= 0.6 is 0 Å². The van der Waals surface area contributed by atoms with E-state index in [1.807, 2.05) is 85.8 Å². The fourth-order valence-corrected chi connectivity index (χ4v) is 3.64. The van der Waals surface area contributed by atoms with Crippen molar-refractivity contribution < 1.29 is 0 Å². The number of para-hydroxylation sites is 1. The quantitative estimate of drug-likeness (QED) is 0.483. The van der Waals surface area contributed by atoms with Crippen molar-refractivity contribution in [1.29, 1.82) is 0 Å². The Balaban J connectivity index is 1.72. The van der Waals surface area contributed by atoms with Crippen LogP contribution in [0.4, 0.5) is 11.4 Å². The number of H-pyrrole nitrogens is 1. The number of rotatable bonds is 3. The Morgan fingerprint density at radius 1 is 0.967 bits per heavy atom. The SMILES string of the molecule is Cc1ccc(-n2[nH]c(-c3ccc(N)cc3)c(C=C3C=Nc4ccccc43)c2=O)cc1. The van der Waals surface area contributed by atoms with Gasteiger partial charge in [-0.25, -0.2) is 4.68 Å². The number of nitrogens with two attached hydrogens (primary N) is 1. The summed E-state index contributed by atoms with van der Waals surface area (Å²) in [6.45, 7) is 2.02. The van der Waals surface area contributed by atoms with Gasteiger partial charge >= 0.3 is 0 Å². The first kappa shape index (κ1) is 17.9. The van der Waals surface area contributed by atoms with E-state index < -0.39 is 0 Å². The third-order valence-corrected chi connectivity index (χ3v) is 5.28. The van der Waals surface area contributed by atoms with Crippen LogP contribution in [0.5, 0.6) is 0 Å². The number of hydrogen-bond acceptors (Lipinski definition) is 3. The molecule has 0 radical (unpaired) electrons. The Morgan fingerprint density at radius 2 is 1.70 bits per heavy atom. The van der Waals surface area contributed by atoms with Crippen LogP contribution in [0.1, 0.15) is 16.7 Å². The molecule has 5 rings (SSSR count). The maximum absolute atomic E-state index is 13.4. The molecule has 5 nitrogen and oxygen atoms in total. The molecular formula is C25H20N4O. The van der Waals surface area contributed by atoms with Gasteiger partial charge in [-0.1, -0.05) is 48.0 Å². The third kappa shape index (κ3) is 3.06. The summed E-state index contributed by atoms with van der Waals surface area (Å²) < 4.78 is 1.58. The minimum atomic E-state index is -0.115. The molecule has 0 saturated heterocycles. The normalized spacial score (nSPS) is 13.7. The first-order chi connectivity index (χ1) is 14.6. The van der Waals surface area contributed by atoms with Gasteiger partial charge in [-0.3, -0.25) is 14.9 Å². The van der Waals surface area contributed by atoms with Crippen LogP contribution < -0.4 is 11.3 Å². The summed E-state index contributed by atoms with van der Waals surface area (Å²) in [7, 11) is 0. The molecule has 1 aliphatic rings. The number of aliphatic imine (C=N–C) groups is 1. The lowest BCUT2D eigenvalue weighted by atomic mass is 10.0. The molecule has 146 valence electrons. The van der Waals surface area contributed by atoms with Crippen molar-refractivity contribution in [2.75, 3.05) is 5.73 Å². The van der Waals surface area contributed by atoms with Crippen molar-refractivity contribution in [3.63, 3.8) is 0 Å². The molecule has 0 amide bonds. The van der Waals surface area contributed by atoms with Gasteiger partial charge in [-0.2, -0.15) is 0 Å². The van der Waals surface area contributed by atoms with E-state index in [1.165, 1.54) is 0 Å². The highest BCUT2D eigenvalue weighted by Crippen LogP contribution is 2.33. The zero-order valence-corrected chi connectivity index (χ0v) is 16.5. The van der Waals surface area contributed by atoms with E-state index in [4.69, 9.17) is 5.73 Å². The number of aryl methyl sites for hydroxylation is 1. The van der Waals surface area contributed by atoms with E-state index >= 15 is 0 Å². The molecule has 0 saturated carbocycles. The zero-order valence-electron chi connectivity index (χ0n) is 16.5. The van der Waals surface area contributed by atoms with Gasteiger partial charge in [0.2, 0.25) is 0 Å². The van der Waals surface area contributed by atoms with Crippen molar-refractivity contribution in [3.05, 3.63) is 99.8 Å².